The quantitative estimate of drug-likeness (QED) is 0.755. The Morgan fingerprint density at radius 1 is 1.50 bits per heavy atom. The Balaban J connectivity index is 1.87. The minimum atomic E-state index is -0.893. The summed E-state index contributed by atoms with van der Waals surface area (Å²) in [6.07, 6.45) is 3.47. The molecule has 2 amide bonds. The van der Waals surface area contributed by atoms with Crippen molar-refractivity contribution in [3.8, 4) is 0 Å². The topological polar surface area (TPSA) is 69.6 Å². The molecule has 3 atom stereocenters. The lowest BCUT2D eigenvalue weighted by molar-refractivity contribution is -0.141. The largest absolute Gasteiger partial charge is 0.480 e. The molecule has 1 saturated carbocycles. The predicted octanol–water partition coefficient (Wildman–Crippen LogP) is 1.04. The summed E-state index contributed by atoms with van der Waals surface area (Å²) >= 11 is 0. The van der Waals surface area contributed by atoms with Gasteiger partial charge < -0.3 is 15.3 Å². The summed E-state index contributed by atoms with van der Waals surface area (Å²) in [5, 5.41) is 11.9. The van der Waals surface area contributed by atoms with Gasteiger partial charge in [-0.1, -0.05) is 13.3 Å². The SMILES string of the molecule is CCC1CC1NC(=O)N1CCCC1C(=O)O. The van der Waals surface area contributed by atoms with Crippen molar-refractivity contribution in [2.24, 2.45) is 5.92 Å². The van der Waals surface area contributed by atoms with E-state index in [-0.39, 0.29) is 12.1 Å². The number of amides is 2. The van der Waals surface area contributed by atoms with Crippen LogP contribution in [0.3, 0.4) is 0 Å². The molecule has 5 nitrogen and oxygen atoms in total. The zero-order valence-corrected chi connectivity index (χ0v) is 9.48. The average Bonchev–Trinajstić information content (AvgIpc) is 2.80. The highest BCUT2D eigenvalue weighted by atomic mass is 16.4. The van der Waals surface area contributed by atoms with Gasteiger partial charge >= 0.3 is 12.0 Å². The van der Waals surface area contributed by atoms with Gasteiger partial charge in [0.1, 0.15) is 6.04 Å². The molecule has 0 spiro atoms. The van der Waals surface area contributed by atoms with Crippen LogP contribution in [0.4, 0.5) is 4.79 Å². The van der Waals surface area contributed by atoms with Crippen molar-refractivity contribution in [2.45, 2.75) is 44.7 Å². The van der Waals surface area contributed by atoms with Crippen molar-refractivity contribution >= 4 is 12.0 Å². The number of hydrogen-bond donors (Lipinski definition) is 2. The number of carboxylic acid groups (broad SMARTS) is 1. The Bertz CT molecular complexity index is 306. The molecule has 2 rings (SSSR count). The molecule has 0 aromatic rings. The zero-order valence-electron chi connectivity index (χ0n) is 9.48. The molecule has 0 bridgehead atoms. The van der Waals surface area contributed by atoms with Crippen LogP contribution in [0.2, 0.25) is 0 Å². The molecule has 0 aromatic heterocycles. The summed E-state index contributed by atoms with van der Waals surface area (Å²) in [4.78, 5) is 24.2. The van der Waals surface area contributed by atoms with Crippen molar-refractivity contribution in [1.29, 1.82) is 0 Å². The third kappa shape index (κ3) is 2.13. The molecule has 2 fully saturated rings. The first-order valence-electron chi connectivity index (χ1n) is 5.93. The van der Waals surface area contributed by atoms with E-state index in [9.17, 15) is 9.59 Å². The van der Waals surface area contributed by atoms with E-state index in [0.717, 1.165) is 19.3 Å². The van der Waals surface area contributed by atoms with Gasteiger partial charge in [0, 0.05) is 12.6 Å². The zero-order chi connectivity index (χ0) is 11.7. The summed E-state index contributed by atoms with van der Waals surface area (Å²) in [7, 11) is 0. The Hall–Kier alpha value is -1.26. The van der Waals surface area contributed by atoms with Gasteiger partial charge in [0.15, 0.2) is 0 Å². The molecule has 5 heteroatoms. The van der Waals surface area contributed by atoms with Gasteiger partial charge in [-0.3, -0.25) is 0 Å². The van der Waals surface area contributed by atoms with Crippen molar-refractivity contribution < 1.29 is 14.7 Å². The van der Waals surface area contributed by atoms with E-state index in [0.29, 0.717) is 18.9 Å². The minimum Gasteiger partial charge on any atom is -0.480 e. The molecule has 90 valence electrons. The molecular formula is C11H18N2O3. The maximum Gasteiger partial charge on any atom is 0.326 e. The lowest BCUT2D eigenvalue weighted by Crippen LogP contribution is -2.46. The molecule has 0 radical (unpaired) electrons. The van der Waals surface area contributed by atoms with Crippen molar-refractivity contribution in [3.05, 3.63) is 0 Å². The van der Waals surface area contributed by atoms with Gasteiger partial charge in [0.2, 0.25) is 0 Å². The van der Waals surface area contributed by atoms with Crippen LogP contribution in [0.25, 0.3) is 0 Å². The van der Waals surface area contributed by atoms with Crippen molar-refractivity contribution in [3.63, 3.8) is 0 Å². The number of rotatable bonds is 3. The van der Waals surface area contributed by atoms with E-state index in [4.69, 9.17) is 5.11 Å². The maximum atomic E-state index is 11.8. The number of carboxylic acids is 1. The number of urea groups is 1. The number of nitrogens with zero attached hydrogens (tertiary/aromatic N) is 1. The van der Waals surface area contributed by atoms with E-state index in [1.54, 1.807) is 0 Å². The maximum absolute atomic E-state index is 11.8. The summed E-state index contributed by atoms with van der Waals surface area (Å²) < 4.78 is 0. The first kappa shape index (κ1) is 11.2. The van der Waals surface area contributed by atoms with E-state index < -0.39 is 12.0 Å². The minimum absolute atomic E-state index is 0.203. The molecule has 1 aliphatic carbocycles. The smallest absolute Gasteiger partial charge is 0.326 e. The monoisotopic (exact) mass is 226 g/mol. The van der Waals surface area contributed by atoms with E-state index in [1.165, 1.54) is 4.90 Å². The first-order valence-corrected chi connectivity index (χ1v) is 5.93. The van der Waals surface area contributed by atoms with Gasteiger partial charge in [0.05, 0.1) is 0 Å². The second kappa shape index (κ2) is 4.31. The number of hydrogen-bond acceptors (Lipinski definition) is 2. The lowest BCUT2D eigenvalue weighted by atomic mass is 10.2. The Labute approximate surface area is 94.8 Å². The predicted molar refractivity (Wildman–Crippen MR) is 58.1 cm³/mol. The number of likely N-dealkylation sites (tertiary alicyclic amines) is 1. The van der Waals surface area contributed by atoms with Crippen molar-refractivity contribution in [2.75, 3.05) is 6.54 Å². The third-order valence-corrected chi connectivity index (χ3v) is 3.55. The summed E-state index contributed by atoms with van der Waals surface area (Å²) in [6, 6.07) is -0.558. The molecule has 1 aliphatic heterocycles. The van der Waals surface area contributed by atoms with Crippen LogP contribution < -0.4 is 5.32 Å². The standard InChI is InChI=1S/C11H18N2O3/c1-2-7-6-8(7)12-11(16)13-5-3-4-9(13)10(14)15/h7-9H,2-6H2,1H3,(H,12,16)(H,14,15). The molecule has 2 aliphatic rings. The first-order chi connectivity index (χ1) is 7.63. The molecular weight excluding hydrogens is 208 g/mol. The number of nitrogens with one attached hydrogen (secondary N) is 1. The average molecular weight is 226 g/mol. The fourth-order valence-corrected chi connectivity index (χ4v) is 2.38. The van der Waals surface area contributed by atoms with Crippen LogP contribution in [-0.4, -0.2) is 40.6 Å². The normalized spacial score (nSPS) is 32.6. The summed E-state index contributed by atoms with van der Waals surface area (Å²) in [5.74, 6) is -0.301. The van der Waals surface area contributed by atoms with E-state index in [1.807, 2.05) is 0 Å². The number of aliphatic carboxylic acids is 1. The lowest BCUT2D eigenvalue weighted by Gasteiger charge is -2.21. The van der Waals surface area contributed by atoms with E-state index >= 15 is 0 Å². The molecule has 16 heavy (non-hydrogen) atoms. The molecule has 2 N–H and O–H groups in total. The molecule has 0 aromatic carbocycles. The van der Waals surface area contributed by atoms with Crippen LogP contribution in [0.15, 0.2) is 0 Å². The van der Waals surface area contributed by atoms with Crippen molar-refractivity contribution in [1.82, 2.24) is 10.2 Å². The highest BCUT2D eigenvalue weighted by Crippen LogP contribution is 2.33. The molecule has 3 unspecified atom stereocenters. The van der Waals surface area contributed by atoms with Crippen LogP contribution >= 0.6 is 0 Å². The molecule has 1 heterocycles. The Morgan fingerprint density at radius 2 is 2.25 bits per heavy atom. The van der Waals surface area contributed by atoms with Crippen LogP contribution in [-0.2, 0) is 4.79 Å². The number of carbonyl (C=O) groups is 2. The van der Waals surface area contributed by atoms with Crippen LogP contribution in [0.5, 0.6) is 0 Å². The summed E-state index contributed by atoms with van der Waals surface area (Å²) in [5.41, 5.74) is 0. The Kier molecular flexibility index (Phi) is 3.03. The molecule has 1 saturated heterocycles. The third-order valence-electron chi connectivity index (χ3n) is 3.55. The summed E-state index contributed by atoms with van der Waals surface area (Å²) in [6.45, 7) is 2.67. The van der Waals surface area contributed by atoms with E-state index in [2.05, 4.69) is 12.2 Å². The second-order valence-electron chi connectivity index (χ2n) is 4.65. The van der Waals surface area contributed by atoms with Gasteiger partial charge in [-0.25, -0.2) is 9.59 Å². The van der Waals surface area contributed by atoms with Gasteiger partial charge in [-0.2, -0.15) is 0 Å². The van der Waals surface area contributed by atoms with Gasteiger partial charge in [-0.05, 0) is 25.2 Å². The van der Waals surface area contributed by atoms with Crippen LogP contribution in [0.1, 0.15) is 32.6 Å². The fourth-order valence-electron chi connectivity index (χ4n) is 2.38. The highest BCUT2D eigenvalue weighted by molar-refractivity contribution is 5.83. The highest BCUT2D eigenvalue weighted by Gasteiger charge is 2.40. The second-order valence-corrected chi connectivity index (χ2v) is 4.65. The van der Waals surface area contributed by atoms with Crippen LogP contribution in [0, 0.1) is 5.92 Å². The number of carbonyl (C=O) groups excluding carboxylic acids is 1. The fraction of sp³-hybridized carbons (Fsp3) is 0.818. The van der Waals surface area contributed by atoms with Gasteiger partial charge in [-0.15, -0.1) is 0 Å². The Morgan fingerprint density at radius 3 is 2.81 bits per heavy atom. The van der Waals surface area contributed by atoms with Gasteiger partial charge in [0.25, 0.3) is 0 Å².